The van der Waals surface area contributed by atoms with Gasteiger partial charge >= 0.3 is 0 Å². The molecule has 0 aliphatic carbocycles. The van der Waals surface area contributed by atoms with E-state index in [0.717, 1.165) is 30.5 Å². The van der Waals surface area contributed by atoms with Crippen molar-refractivity contribution in [3.8, 4) is 0 Å². The molecule has 2 heterocycles. The number of rotatable bonds is 3. The molecule has 0 saturated carbocycles. The van der Waals surface area contributed by atoms with E-state index in [-0.39, 0.29) is 5.91 Å². The highest BCUT2D eigenvalue weighted by Crippen LogP contribution is 2.23. The van der Waals surface area contributed by atoms with Gasteiger partial charge in [-0.1, -0.05) is 24.3 Å². The Bertz CT molecular complexity index is 663. The van der Waals surface area contributed by atoms with Gasteiger partial charge in [0.1, 0.15) is 0 Å². The van der Waals surface area contributed by atoms with Crippen molar-refractivity contribution in [2.75, 3.05) is 6.54 Å². The van der Waals surface area contributed by atoms with Crippen LogP contribution in [0.4, 0.5) is 0 Å². The number of aromatic nitrogens is 1. The summed E-state index contributed by atoms with van der Waals surface area (Å²) in [6.45, 7) is 3.64. The van der Waals surface area contributed by atoms with E-state index in [0.29, 0.717) is 6.42 Å². The lowest BCUT2D eigenvalue weighted by atomic mass is 10.0. The third-order valence-electron chi connectivity index (χ3n) is 4.17. The number of hydrogen-bond donors (Lipinski definition) is 1. The summed E-state index contributed by atoms with van der Waals surface area (Å²) < 4.78 is 1.00. The third kappa shape index (κ3) is 3.21. The van der Waals surface area contributed by atoms with Crippen LogP contribution in [0.25, 0.3) is 0 Å². The number of nitrogens with zero attached hydrogens (tertiary/aromatic N) is 1. The summed E-state index contributed by atoms with van der Waals surface area (Å²) in [4.78, 5) is 17.7. The molecule has 0 saturated heterocycles. The van der Waals surface area contributed by atoms with Crippen molar-refractivity contribution in [3.63, 3.8) is 0 Å². The first kappa shape index (κ1) is 14.4. The number of nitrogens with one attached hydrogen (secondary N) is 1. The molecule has 21 heavy (non-hydrogen) atoms. The molecule has 1 aliphatic rings. The Morgan fingerprint density at radius 3 is 3.00 bits per heavy atom. The fourth-order valence-electron chi connectivity index (χ4n) is 2.90. The minimum absolute atomic E-state index is 0.251. The fraction of sp³-hybridized carbons (Fsp3) is 0.353. The lowest BCUT2D eigenvalue weighted by Gasteiger charge is -2.27. The van der Waals surface area contributed by atoms with Gasteiger partial charge in [-0.15, -0.1) is 0 Å². The lowest BCUT2D eigenvalue weighted by Crippen LogP contribution is -2.35. The molecule has 1 aromatic carbocycles. The monoisotopic (exact) mass is 346 g/mol. The summed E-state index contributed by atoms with van der Waals surface area (Å²) >= 11 is 3.46. The van der Waals surface area contributed by atoms with Gasteiger partial charge < -0.3 is 9.88 Å². The number of hydrogen-bond acceptors (Lipinski definition) is 1. The lowest BCUT2D eigenvalue weighted by molar-refractivity contribution is -0.132. The van der Waals surface area contributed by atoms with E-state index in [4.69, 9.17) is 0 Å². The summed E-state index contributed by atoms with van der Waals surface area (Å²) in [5, 5.41) is 0. The summed E-state index contributed by atoms with van der Waals surface area (Å²) in [6, 6.07) is 10.4. The Morgan fingerprint density at radius 1 is 1.38 bits per heavy atom. The molecule has 0 spiro atoms. The SMILES string of the molecule is Cc1ccccc1CCC(=O)N1CCc2[nH]c(Br)cc2C1. The van der Waals surface area contributed by atoms with Gasteiger partial charge in [0.15, 0.2) is 0 Å². The zero-order valence-electron chi connectivity index (χ0n) is 12.2. The molecule has 2 aromatic rings. The van der Waals surface area contributed by atoms with Crippen LogP contribution < -0.4 is 0 Å². The Morgan fingerprint density at radius 2 is 2.19 bits per heavy atom. The molecule has 110 valence electrons. The van der Waals surface area contributed by atoms with Crippen molar-refractivity contribution in [1.29, 1.82) is 0 Å². The Balaban J connectivity index is 1.61. The molecule has 1 aromatic heterocycles. The molecule has 1 aliphatic heterocycles. The maximum absolute atomic E-state index is 12.4. The van der Waals surface area contributed by atoms with Crippen LogP contribution in [-0.2, 0) is 24.2 Å². The van der Waals surface area contributed by atoms with Crippen molar-refractivity contribution in [2.45, 2.75) is 32.7 Å². The first-order chi connectivity index (χ1) is 10.1. The number of carbonyl (C=O) groups is 1. The highest BCUT2D eigenvalue weighted by molar-refractivity contribution is 9.10. The summed E-state index contributed by atoms with van der Waals surface area (Å²) in [5.74, 6) is 0.251. The number of carbonyl (C=O) groups excluding carboxylic acids is 1. The number of benzene rings is 1. The van der Waals surface area contributed by atoms with E-state index in [1.54, 1.807) is 0 Å². The first-order valence-corrected chi connectivity index (χ1v) is 8.11. The predicted molar refractivity (Wildman–Crippen MR) is 87.1 cm³/mol. The van der Waals surface area contributed by atoms with Gasteiger partial charge in [0, 0.05) is 31.6 Å². The summed E-state index contributed by atoms with van der Waals surface area (Å²) in [5.41, 5.74) is 5.02. The summed E-state index contributed by atoms with van der Waals surface area (Å²) in [6.07, 6.45) is 2.33. The van der Waals surface area contributed by atoms with Crippen LogP contribution in [0.2, 0.25) is 0 Å². The smallest absolute Gasteiger partial charge is 0.223 e. The molecule has 0 radical (unpaired) electrons. The van der Waals surface area contributed by atoms with Gasteiger partial charge in [0.25, 0.3) is 0 Å². The van der Waals surface area contributed by atoms with E-state index in [1.165, 1.54) is 22.4 Å². The largest absolute Gasteiger partial charge is 0.353 e. The van der Waals surface area contributed by atoms with Crippen LogP contribution in [0.1, 0.15) is 28.8 Å². The zero-order chi connectivity index (χ0) is 14.8. The van der Waals surface area contributed by atoms with Gasteiger partial charge in [-0.3, -0.25) is 4.79 Å². The van der Waals surface area contributed by atoms with Crippen molar-refractivity contribution in [1.82, 2.24) is 9.88 Å². The van der Waals surface area contributed by atoms with E-state index < -0.39 is 0 Å². The molecular weight excluding hydrogens is 328 g/mol. The number of H-pyrrole nitrogens is 1. The number of amides is 1. The van der Waals surface area contributed by atoms with Gasteiger partial charge in [0.2, 0.25) is 5.91 Å². The second-order valence-corrected chi connectivity index (χ2v) is 6.47. The molecule has 0 atom stereocenters. The van der Waals surface area contributed by atoms with E-state index in [2.05, 4.69) is 46.0 Å². The van der Waals surface area contributed by atoms with Gasteiger partial charge in [-0.2, -0.15) is 0 Å². The van der Waals surface area contributed by atoms with Crippen molar-refractivity contribution in [2.24, 2.45) is 0 Å². The topological polar surface area (TPSA) is 36.1 Å². The normalized spacial score (nSPS) is 14.1. The number of fused-ring (bicyclic) bond motifs is 1. The molecule has 4 heteroatoms. The van der Waals surface area contributed by atoms with Crippen LogP contribution in [0.5, 0.6) is 0 Å². The van der Waals surface area contributed by atoms with Crippen LogP contribution in [0.3, 0.4) is 0 Å². The van der Waals surface area contributed by atoms with Gasteiger partial charge in [-0.25, -0.2) is 0 Å². The van der Waals surface area contributed by atoms with Crippen LogP contribution in [0.15, 0.2) is 34.9 Å². The Hall–Kier alpha value is -1.55. The van der Waals surface area contributed by atoms with Crippen LogP contribution in [-0.4, -0.2) is 22.3 Å². The molecule has 0 bridgehead atoms. The van der Waals surface area contributed by atoms with Crippen molar-refractivity contribution < 1.29 is 4.79 Å². The first-order valence-electron chi connectivity index (χ1n) is 7.32. The predicted octanol–water partition coefficient (Wildman–Crippen LogP) is 3.60. The molecular formula is C17H19BrN2O. The second kappa shape index (κ2) is 6.06. The minimum Gasteiger partial charge on any atom is -0.353 e. The fourth-order valence-corrected chi connectivity index (χ4v) is 3.41. The molecule has 3 nitrogen and oxygen atoms in total. The molecule has 3 rings (SSSR count). The quantitative estimate of drug-likeness (QED) is 0.905. The van der Waals surface area contributed by atoms with Crippen LogP contribution >= 0.6 is 15.9 Å². The maximum atomic E-state index is 12.4. The second-order valence-electron chi connectivity index (χ2n) is 5.61. The maximum Gasteiger partial charge on any atom is 0.223 e. The van der Waals surface area contributed by atoms with E-state index in [1.807, 2.05) is 17.0 Å². The van der Waals surface area contributed by atoms with Crippen molar-refractivity contribution >= 4 is 21.8 Å². The highest BCUT2D eigenvalue weighted by Gasteiger charge is 2.22. The average Bonchev–Trinajstić information content (AvgIpc) is 2.85. The Labute approximate surface area is 133 Å². The summed E-state index contributed by atoms with van der Waals surface area (Å²) in [7, 11) is 0. The standard InChI is InChI=1S/C17H19BrN2O/c1-12-4-2-3-5-13(12)6-7-17(21)20-9-8-15-14(11-20)10-16(18)19-15/h2-5,10,19H,6-9,11H2,1H3. The van der Waals surface area contributed by atoms with Crippen molar-refractivity contribution in [3.05, 3.63) is 57.3 Å². The molecule has 0 fully saturated rings. The molecule has 0 unspecified atom stereocenters. The van der Waals surface area contributed by atoms with E-state index in [9.17, 15) is 4.79 Å². The number of aromatic amines is 1. The Kier molecular flexibility index (Phi) is 4.15. The number of aryl methyl sites for hydroxylation is 2. The molecule has 1 N–H and O–H groups in total. The average molecular weight is 347 g/mol. The minimum atomic E-state index is 0.251. The van der Waals surface area contributed by atoms with E-state index >= 15 is 0 Å². The highest BCUT2D eigenvalue weighted by atomic mass is 79.9. The van der Waals surface area contributed by atoms with Gasteiger partial charge in [0.05, 0.1) is 4.60 Å². The molecule has 1 amide bonds. The number of halogens is 1. The zero-order valence-corrected chi connectivity index (χ0v) is 13.7. The van der Waals surface area contributed by atoms with Gasteiger partial charge in [-0.05, 0) is 52.0 Å². The van der Waals surface area contributed by atoms with Crippen LogP contribution in [0, 0.1) is 6.92 Å². The third-order valence-corrected chi connectivity index (χ3v) is 4.60.